The Morgan fingerprint density at radius 3 is 1.52 bits per heavy atom. The number of hydrogen-bond acceptors (Lipinski definition) is 5. The van der Waals surface area contributed by atoms with Crippen molar-refractivity contribution in [2.24, 2.45) is 4.99 Å². The third-order valence-electron chi connectivity index (χ3n) is 10.5. The first kappa shape index (κ1) is 36.1. The van der Waals surface area contributed by atoms with Crippen LogP contribution in [0.4, 0.5) is 0 Å². The zero-order valence-electron chi connectivity index (χ0n) is 32.5. The molecule has 0 unspecified atom stereocenters. The molecular weight excluding hydrogens is 733 g/mol. The highest BCUT2D eigenvalue weighted by atomic mass is 15.1. The van der Waals surface area contributed by atoms with Crippen molar-refractivity contribution in [1.82, 2.24) is 24.9 Å². The van der Waals surface area contributed by atoms with Crippen molar-refractivity contribution in [3.63, 3.8) is 0 Å². The average molecular weight is 770 g/mol. The van der Waals surface area contributed by atoms with Crippen LogP contribution in [0.2, 0.25) is 0 Å². The molecule has 6 nitrogen and oxygen atoms in total. The summed E-state index contributed by atoms with van der Waals surface area (Å²) in [6.45, 7) is 0. The van der Waals surface area contributed by atoms with E-state index in [-0.39, 0.29) is 0 Å². The second-order valence-electron chi connectivity index (χ2n) is 14.4. The van der Waals surface area contributed by atoms with Crippen LogP contribution in [0.1, 0.15) is 16.7 Å². The standard InChI is InChI=1S/C54H36N6/c1-4-18-37(19-5-1)49-35-42(51-45(47-30-12-14-32-55-47)28-17-29-46(51)48-31-13-15-33-56-48)36-50(57-49)44-27-11-10-26-43(44)40-24-16-25-41(34-40)54-59-52(38-20-6-2-7-21-38)58-53(60-54)39-22-8-3-9-23-39/h1-36H/p+1. The summed E-state index contributed by atoms with van der Waals surface area (Å²) in [7, 11) is 0. The zero-order chi connectivity index (χ0) is 40.1. The molecule has 282 valence electrons. The van der Waals surface area contributed by atoms with Gasteiger partial charge in [-0.15, -0.1) is 0 Å². The predicted octanol–water partition coefficient (Wildman–Crippen LogP) is 11.2. The molecule has 10 rings (SSSR count). The second-order valence-corrected chi connectivity index (χ2v) is 14.4. The Balaban J connectivity index is 1.13. The van der Waals surface area contributed by atoms with E-state index in [2.05, 4.69) is 133 Å². The Bertz CT molecular complexity index is 3010. The number of aromatic nitrogens is 3. The third-order valence-corrected chi connectivity index (χ3v) is 10.5. The van der Waals surface area contributed by atoms with Crippen molar-refractivity contribution < 1.29 is 0 Å². The zero-order valence-corrected chi connectivity index (χ0v) is 32.5. The average Bonchev–Trinajstić information content (AvgIpc) is 3.35. The van der Waals surface area contributed by atoms with Crippen LogP contribution in [-0.2, 0) is 0 Å². The van der Waals surface area contributed by atoms with E-state index in [0.717, 1.165) is 95.6 Å². The molecule has 3 aromatic heterocycles. The molecule has 4 heterocycles. The summed E-state index contributed by atoms with van der Waals surface area (Å²) in [4.78, 5) is 20.1. The first-order chi connectivity index (χ1) is 29.7. The van der Waals surface area contributed by atoms with Crippen molar-refractivity contribution >= 4 is 17.5 Å². The van der Waals surface area contributed by atoms with E-state index in [1.165, 1.54) is 0 Å². The molecule has 0 radical (unpaired) electrons. The van der Waals surface area contributed by atoms with Crippen LogP contribution in [-0.4, -0.2) is 32.5 Å². The van der Waals surface area contributed by atoms with E-state index in [1.54, 1.807) is 0 Å². The third kappa shape index (κ3) is 7.34. The normalized spacial score (nSPS) is 12.2. The largest absolute Gasteiger partial charge is 0.360 e. The van der Waals surface area contributed by atoms with Gasteiger partial charge in [-0.1, -0.05) is 138 Å². The highest BCUT2D eigenvalue weighted by molar-refractivity contribution is 6.23. The smallest absolute Gasteiger partial charge is 0.256 e. The number of benzene rings is 6. The van der Waals surface area contributed by atoms with E-state index in [9.17, 15) is 0 Å². The van der Waals surface area contributed by atoms with E-state index in [1.807, 2.05) is 91.3 Å². The van der Waals surface area contributed by atoms with Gasteiger partial charge in [0.1, 0.15) is 0 Å². The van der Waals surface area contributed by atoms with E-state index in [4.69, 9.17) is 24.6 Å². The highest BCUT2D eigenvalue weighted by Crippen LogP contribution is 2.42. The monoisotopic (exact) mass is 769 g/mol. The summed E-state index contributed by atoms with van der Waals surface area (Å²) >= 11 is 0. The molecule has 0 atom stereocenters. The topological polar surface area (TPSA) is 77.2 Å². The fourth-order valence-electron chi connectivity index (χ4n) is 7.69. The number of nitrogens with one attached hydrogen (secondary N) is 1. The lowest BCUT2D eigenvalue weighted by molar-refractivity contribution is 1.25. The Hall–Kier alpha value is -8.31. The maximum Gasteiger partial charge on any atom is 0.360 e. The van der Waals surface area contributed by atoms with Gasteiger partial charge in [-0.05, 0) is 89.5 Å². The Morgan fingerprint density at radius 1 is 0.350 bits per heavy atom. The number of nitrogens with zero attached hydrogens (tertiary/aromatic N) is 5. The van der Waals surface area contributed by atoms with Gasteiger partial charge in [-0.25, -0.2) is 15.0 Å². The molecule has 0 saturated heterocycles. The van der Waals surface area contributed by atoms with E-state index in [0.29, 0.717) is 5.84 Å². The Kier molecular flexibility index (Phi) is 9.78. The van der Waals surface area contributed by atoms with Gasteiger partial charge in [-0.3, -0.25) is 9.97 Å². The van der Waals surface area contributed by atoms with Crippen LogP contribution in [0.5, 0.6) is 0 Å². The summed E-state index contributed by atoms with van der Waals surface area (Å²) in [5.41, 5.74) is 14.6. The minimum absolute atomic E-state index is 0.652. The van der Waals surface area contributed by atoms with Crippen LogP contribution < -0.4 is 9.98 Å². The quantitative estimate of drug-likeness (QED) is 0.148. The molecule has 0 saturated carbocycles. The fourth-order valence-corrected chi connectivity index (χ4v) is 7.69. The van der Waals surface area contributed by atoms with Gasteiger partial charge in [0.25, 0.3) is 5.84 Å². The van der Waals surface area contributed by atoms with Crippen molar-refractivity contribution in [2.45, 2.75) is 0 Å². The van der Waals surface area contributed by atoms with Gasteiger partial charge in [0.15, 0.2) is 0 Å². The summed E-state index contributed by atoms with van der Waals surface area (Å²) in [6.07, 6.45) is 3.68. The van der Waals surface area contributed by atoms with Crippen LogP contribution in [0.25, 0.3) is 67.3 Å². The van der Waals surface area contributed by atoms with Gasteiger partial charge in [0, 0.05) is 40.2 Å². The lowest BCUT2D eigenvalue weighted by atomic mass is 9.88. The molecular formula is C54H37N6+. The summed E-state index contributed by atoms with van der Waals surface area (Å²) in [5, 5.41) is 3.56. The molecule has 6 heteroatoms. The van der Waals surface area contributed by atoms with E-state index < -0.39 is 0 Å². The second kappa shape index (κ2) is 16.3. The predicted molar refractivity (Wildman–Crippen MR) is 245 cm³/mol. The summed E-state index contributed by atoms with van der Waals surface area (Å²) < 4.78 is 4.97. The number of hydrogen-bond donors (Lipinski definition) is 1. The first-order valence-corrected chi connectivity index (χ1v) is 19.9. The molecule has 60 heavy (non-hydrogen) atoms. The van der Waals surface area contributed by atoms with Crippen LogP contribution in [0.15, 0.2) is 224 Å². The lowest BCUT2D eigenvalue weighted by Gasteiger charge is -2.18. The SMILES string of the molecule is c1ccc(C2=[N+]=C(c3ccccc3)NC(c3cccc(-c4ccccc4-c4cc(-c5c(-c6ccccn6)cccc5-c5ccccn5)cc(-c5ccccc5)n4)c3)=N2)cc1. The fraction of sp³-hybridized carbons (Fsp3) is 0. The summed E-state index contributed by atoms with van der Waals surface area (Å²) in [5.74, 6) is 2.12. The van der Waals surface area contributed by atoms with Gasteiger partial charge in [0.05, 0.1) is 39.5 Å². The van der Waals surface area contributed by atoms with E-state index >= 15 is 0 Å². The van der Waals surface area contributed by atoms with Crippen molar-refractivity contribution in [1.29, 1.82) is 0 Å². The molecule has 6 aromatic carbocycles. The van der Waals surface area contributed by atoms with Crippen molar-refractivity contribution in [3.8, 4) is 67.3 Å². The molecule has 1 N–H and O–H groups in total. The molecule has 9 aromatic rings. The molecule has 1 aliphatic rings. The van der Waals surface area contributed by atoms with Crippen molar-refractivity contribution in [3.05, 3.63) is 235 Å². The molecule has 0 spiro atoms. The number of aliphatic imine (C=N–C) groups is 1. The number of pyridine rings is 3. The highest BCUT2D eigenvalue weighted by Gasteiger charge is 2.26. The number of rotatable bonds is 9. The Labute approximate surface area is 348 Å². The van der Waals surface area contributed by atoms with Gasteiger partial charge in [-0.2, -0.15) is 0 Å². The van der Waals surface area contributed by atoms with Crippen LogP contribution in [0.3, 0.4) is 0 Å². The molecule has 0 fully saturated rings. The van der Waals surface area contributed by atoms with Crippen LogP contribution >= 0.6 is 0 Å². The molecule has 0 bridgehead atoms. The minimum Gasteiger partial charge on any atom is -0.256 e. The van der Waals surface area contributed by atoms with Crippen LogP contribution in [0, 0.1) is 0 Å². The molecule has 1 aliphatic heterocycles. The molecule has 0 amide bonds. The maximum atomic E-state index is 5.40. The maximum absolute atomic E-state index is 5.40. The van der Waals surface area contributed by atoms with Gasteiger partial charge >= 0.3 is 11.7 Å². The van der Waals surface area contributed by atoms with Crippen molar-refractivity contribution in [2.75, 3.05) is 0 Å². The lowest BCUT2D eigenvalue weighted by Crippen LogP contribution is -2.38. The van der Waals surface area contributed by atoms with Gasteiger partial charge < -0.3 is 0 Å². The number of amidine groups is 3. The Morgan fingerprint density at radius 2 is 0.867 bits per heavy atom. The molecule has 0 aliphatic carbocycles. The first-order valence-electron chi connectivity index (χ1n) is 19.9. The van der Waals surface area contributed by atoms with Gasteiger partial charge in [0.2, 0.25) is 0 Å². The minimum atomic E-state index is 0.652. The summed E-state index contributed by atoms with van der Waals surface area (Å²) in [6, 6.07) is 70.5.